The van der Waals surface area contributed by atoms with Crippen LogP contribution >= 0.6 is 0 Å². The van der Waals surface area contributed by atoms with Gasteiger partial charge in [-0.05, 0) is 56.0 Å². The second-order valence-electron chi connectivity index (χ2n) is 10.3. The van der Waals surface area contributed by atoms with E-state index in [1.807, 2.05) is 41.3 Å². The number of carbonyl (C=O) groups is 2. The van der Waals surface area contributed by atoms with Crippen molar-refractivity contribution in [2.24, 2.45) is 0 Å². The highest BCUT2D eigenvalue weighted by molar-refractivity contribution is 6.02. The van der Waals surface area contributed by atoms with Gasteiger partial charge >= 0.3 is 6.03 Å². The molecule has 2 aliphatic heterocycles. The highest BCUT2D eigenvalue weighted by Crippen LogP contribution is 2.32. The van der Waals surface area contributed by atoms with E-state index in [1.54, 1.807) is 7.11 Å². The Labute approximate surface area is 219 Å². The van der Waals surface area contributed by atoms with E-state index in [-0.39, 0.29) is 18.0 Å². The molecule has 3 fully saturated rings. The van der Waals surface area contributed by atoms with Gasteiger partial charge in [0.2, 0.25) is 0 Å². The van der Waals surface area contributed by atoms with Crippen LogP contribution in [-0.2, 0) is 0 Å². The number of para-hydroxylation sites is 2. The molecule has 0 bridgehead atoms. The van der Waals surface area contributed by atoms with Crippen molar-refractivity contribution in [3.8, 4) is 5.75 Å². The van der Waals surface area contributed by atoms with E-state index < -0.39 is 0 Å². The lowest BCUT2D eigenvalue weighted by Crippen LogP contribution is -2.47. The topological polar surface area (TPSA) is 77.1 Å². The number of likely N-dealkylation sites (tertiary alicyclic amines) is 1. The third kappa shape index (κ3) is 5.95. The summed E-state index contributed by atoms with van der Waals surface area (Å²) in [7, 11) is 1.70. The molecular weight excluding hydrogens is 466 g/mol. The number of ether oxygens (including phenoxy) is 1. The summed E-state index contributed by atoms with van der Waals surface area (Å²) in [4.78, 5) is 32.8. The number of nitrogens with one attached hydrogen (secondary N) is 2. The predicted octanol–water partition coefficient (Wildman–Crippen LogP) is 4.71. The molecule has 2 aromatic carbocycles. The summed E-state index contributed by atoms with van der Waals surface area (Å²) >= 11 is 0. The Balaban J connectivity index is 1.31. The van der Waals surface area contributed by atoms with Gasteiger partial charge in [0, 0.05) is 56.7 Å². The first kappa shape index (κ1) is 25.2. The van der Waals surface area contributed by atoms with E-state index in [0.29, 0.717) is 11.3 Å². The minimum atomic E-state index is -0.190. The Morgan fingerprint density at radius 3 is 2.19 bits per heavy atom. The first-order valence-corrected chi connectivity index (χ1v) is 13.8. The van der Waals surface area contributed by atoms with E-state index in [4.69, 9.17) is 4.74 Å². The van der Waals surface area contributed by atoms with Crippen molar-refractivity contribution >= 4 is 29.0 Å². The van der Waals surface area contributed by atoms with Gasteiger partial charge in [-0.1, -0.05) is 31.4 Å². The highest BCUT2D eigenvalue weighted by Gasteiger charge is 2.27. The molecule has 2 N–H and O–H groups in total. The average Bonchev–Trinajstić information content (AvgIpc) is 3.48. The number of hydrogen-bond donors (Lipinski definition) is 2. The smallest absolute Gasteiger partial charge is 0.319 e. The maximum atomic E-state index is 13.6. The number of hydrogen-bond acceptors (Lipinski definition) is 5. The Bertz CT molecular complexity index is 1090. The molecule has 2 saturated heterocycles. The van der Waals surface area contributed by atoms with Gasteiger partial charge in [0.05, 0.1) is 18.4 Å². The van der Waals surface area contributed by atoms with Crippen molar-refractivity contribution in [1.29, 1.82) is 0 Å². The fourth-order valence-electron chi connectivity index (χ4n) is 5.83. The molecule has 0 aromatic heterocycles. The summed E-state index contributed by atoms with van der Waals surface area (Å²) in [5, 5.41) is 6.09. The normalized spacial score (nSPS) is 18.6. The van der Waals surface area contributed by atoms with E-state index >= 15 is 0 Å². The van der Waals surface area contributed by atoms with Crippen LogP contribution in [0.1, 0.15) is 55.3 Å². The first-order valence-electron chi connectivity index (χ1n) is 13.8. The van der Waals surface area contributed by atoms with Gasteiger partial charge in [0.25, 0.3) is 5.91 Å². The maximum absolute atomic E-state index is 13.6. The Morgan fingerprint density at radius 2 is 1.49 bits per heavy atom. The van der Waals surface area contributed by atoms with Crippen molar-refractivity contribution in [3.63, 3.8) is 0 Å². The summed E-state index contributed by atoms with van der Waals surface area (Å²) in [5.74, 6) is 0.929. The van der Waals surface area contributed by atoms with E-state index in [0.717, 1.165) is 82.1 Å². The molecule has 0 unspecified atom stereocenters. The molecule has 0 spiro atoms. The fraction of sp³-hybridized carbons (Fsp3) is 0.517. The number of nitrogens with zero attached hydrogens (tertiary/aromatic N) is 3. The summed E-state index contributed by atoms with van der Waals surface area (Å²) in [5.41, 5.74) is 3.37. The zero-order valence-corrected chi connectivity index (χ0v) is 21.9. The van der Waals surface area contributed by atoms with E-state index in [1.165, 1.54) is 19.3 Å². The van der Waals surface area contributed by atoms with Gasteiger partial charge in [-0.3, -0.25) is 4.79 Å². The molecule has 8 nitrogen and oxygen atoms in total. The van der Waals surface area contributed by atoms with Crippen molar-refractivity contribution in [3.05, 3.63) is 48.0 Å². The Kier molecular flexibility index (Phi) is 8.02. The van der Waals surface area contributed by atoms with Crippen LogP contribution in [0.3, 0.4) is 0 Å². The van der Waals surface area contributed by atoms with Gasteiger partial charge in [-0.15, -0.1) is 0 Å². The van der Waals surface area contributed by atoms with Gasteiger partial charge in [-0.25, -0.2) is 4.79 Å². The minimum Gasteiger partial charge on any atom is -0.495 e. The van der Waals surface area contributed by atoms with Crippen LogP contribution in [0.25, 0.3) is 0 Å². The molecule has 5 rings (SSSR count). The standard InChI is InChI=1S/C29H39N5O3/c1-37-27-12-6-5-11-26(27)33-19-17-32(18-20-33)25-14-13-23(21-24(25)28(35)34-15-7-8-16-34)31-29(36)30-22-9-3-2-4-10-22/h5-6,11-14,21-22H,2-4,7-10,15-20H2,1H3,(H2,30,31,36). The number of carbonyl (C=O) groups excluding carboxylic acids is 2. The quantitative estimate of drug-likeness (QED) is 0.595. The lowest BCUT2D eigenvalue weighted by molar-refractivity contribution is 0.0793. The SMILES string of the molecule is COc1ccccc1N1CCN(c2ccc(NC(=O)NC3CCCCC3)cc2C(=O)N2CCCC2)CC1. The fourth-order valence-corrected chi connectivity index (χ4v) is 5.83. The van der Waals surface area contributed by atoms with Crippen LogP contribution in [-0.4, -0.2) is 69.3 Å². The van der Waals surface area contributed by atoms with Crippen molar-refractivity contribution < 1.29 is 14.3 Å². The molecule has 3 amide bonds. The first-order chi connectivity index (χ1) is 18.1. The summed E-state index contributed by atoms with van der Waals surface area (Å²) in [6, 6.07) is 13.9. The monoisotopic (exact) mass is 505 g/mol. The second kappa shape index (κ2) is 11.8. The lowest BCUT2D eigenvalue weighted by Gasteiger charge is -2.38. The van der Waals surface area contributed by atoms with Crippen LogP contribution < -0.4 is 25.2 Å². The van der Waals surface area contributed by atoms with Crippen molar-refractivity contribution in [2.45, 2.75) is 51.0 Å². The van der Waals surface area contributed by atoms with Gasteiger partial charge < -0.3 is 30.1 Å². The molecule has 8 heteroatoms. The summed E-state index contributed by atoms with van der Waals surface area (Å²) in [6.07, 6.45) is 7.73. The third-order valence-corrected chi connectivity index (χ3v) is 7.86. The van der Waals surface area contributed by atoms with E-state index in [2.05, 4.69) is 26.5 Å². The van der Waals surface area contributed by atoms with E-state index in [9.17, 15) is 9.59 Å². The molecule has 198 valence electrons. The molecule has 2 aromatic rings. The largest absolute Gasteiger partial charge is 0.495 e. The number of amides is 3. The second-order valence-corrected chi connectivity index (χ2v) is 10.3. The van der Waals surface area contributed by atoms with Gasteiger partial charge in [-0.2, -0.15) is 0 Å². The number of urea groups is 1. The molecule has 0 radical (unpaired) electrons. The van der Waals surface area contributed by atoms with Gasteiger partial charge in [0.1, 0.15) is 5.75 Å². The molecule has 0 atom stereocenters. The lowest BCUT2D eigenvalue weighted by atomic mass is 9.96. The average molecular weight is 506 g/mol. The maximum Gasteiger partial charge on any atom is 0.319 e. The molecule has 3 aliphatic rings. The Hall–Kier alpha value is -3.42. The van der Waals surface area contributed by atoms with Crippen LogP contribution in [0.4, 0.5) is 21.9 Å². The molecular formula is C29H39N5O3. The van der Waals surface area contributed by atoms with Crippen LogP contribution in [0.5, 0.6) is 5.75 Å². The molecule has 1 aliphatic carbocycles. The van der Waals surface area contributed by atoms with Crippen LogP contribution in [0.2, 0.25) is 0 Å². The zero-order valence-electron chi connectivity index (χ0n) is 21.9. The molecule has 37 heavy (non-hydrogen) atoms. The zero-order chi connectivity index (χ0) is 25.6. The highest BCUT2D eigenvalue weighted by atomic mass is 16.5. The van der Waals surface area contributed by atoms with Crippen LogP contribution in [0, 0.1) is 0 Å². The number of rotatable bonds is 6. The number of benzene rings is 2. The predicted molar refractivity (Wildman–Crippen MR) is 148 cm³/mol. The summed E-state index contributed by atoms with van der Waals surface area (Å²) in [6.45, 7) is 4.85. The minimum absolute atomic E-state index is 0.0518. The number of methoxy groups -OCH3 is 1. The molecule has 2 heterocycles. The van der Waals surface area contributed by atoms with Crippen molar-refractivity contribution in [2.75, 3.05) is 61.5 Å². The molecule has 1 saturated carbocycles. The third-order valence-electron chi connectivity index (χ3n) is 7.86. The number of piperazine rings is 1. The van der Waals surface area contributed by atoms with Gasteiger partial charge in [0.15, 0.2) is 0 Å². The van der Waals surface area contributed by atoms with Crippen LogP contribution in [0.15, 0.2) is 42.5 Å². The Morgan fingerprint density at radius 1 is 0.811 bits per heavy atom. The number of anilines is 3. The van der Waals surface area contributed by atoms with Crippen molar-refractivity contribution in [1.82, 2.24) is 10.2 Å². The summed E-state index contributed by atoms with van der Waals surface area (Å²) < 4.78 is 5.57.